The van der Waals surface area contributed by atoms with E-state index in [1.54, 1.807) is 19.2 Å². The van der Waals surface area contributed by atoms with Gasteiger partial charge < -0.3 is 14.2 Å². The Balaban J connectivity index is 2.09. The van der Waals surface area contributed by atoms with Gasteiger partial charge in [-0.3, -0.25) is 10.0 Å². The molecule has 1 amide bonds. The van der Waals surface area contributed by atoms with Crippen LogP contribution in [0.5, 0.6) is 17.2 Å². The van der Waals surface area contributed by atoms with Crippen LogP contribution in [0.15, 0.2) is 30.3 Å². The summed E-state index contributed by atoms with van der Waals surface area (Å²) in [5, 5.41) is 14.0. The number of methoxy groups -OCH3 is 1. The predicted octanol–water partition coefficient (Wildman–Crippen LogP) is 3.08. The Morgan fingerprint density at radius 3 is 2.87 bits per heavy atom. The predicted molar refractivity (Wildman–Crippen MR) is 82.7 cm³/mol. The van der Waals surface area contributed by atoms with Crippen LogP contribution in [0.2, 0.25) is 0 Å². The molecule has 6 nitrogen and oxygen atoms in total. The van der Waals surface area contributed by atoms with Gasteiger partial charge in [0.1, 0.15) is 5.75 Å². The second-order valence-corrected chi connectivity index (χ2v) is 5.48. The molecule has 0 radical (unpaired) electrons. The van der Waals surface area contributed by atoms with E-state index in [0.717, 1.165) is 16.2 Å². The lowest BCUT2D eigenvalue weighted by molar-refractivity contribution is 0.0866. The molecule has 0 fully saturated rings. The first-order valence-corrected chi connectivity index (χ1v) is 7.10. The highest BCUT2D eigenvalue weighted by Gasteiger charge is 2.35. The number of anilines is 1. The Kier molecular flexibility index (Phi) is 2.21. The summed E-state index contributed by atoms with van der Waals surface area (Å²) in [7, 11) is 1.58. The first-order valence-electron chi connectivity index (χ1n) is 7.10. The number of hydroxylamine groups is 1. The number of hydrogen-bond donors (Lipinski definition) is 1. The van der Waals surface area contributed by atoms with Gasteiger partial charge in [-0.1, -0.05) is 12.1 Å². The lowest BCUT2D eigenvalue weighted by Crippen LogP contribution is -2.21. The first kappa shape index (κ1) is 12.5. The van der Waals surface area contributed by atoms with Gasteiger partial charge in [0.25, 0.3) is 5.91 Å². The van der Waals surface area contributed by atoms with Crippen molar-refractivity contribution >= 4 is 33.1 Å². The van der Waals surface area contributed by atoms with E-state index in [1.807, 2.05) is 18.2 Å². The summed E-state index contributed by atoms with van der Waals surface area (Å²) in [4.78, 5) is 12.4. The summed E-state index contributed by atoms with van der Waals surface area (Å²) in [5.41, 5.74) is 0.835. The van der Waals surface area contributed by atoms with Crippen molar-refractivity contribution in [2.75, 3.05) is 19.0 Å². The van der Waals surface area contributed by atoms with Crippen molar-refractivity contribution in [3.8, 4) is 17.2 Å². The Bertz CT molecular complexity index is 1030. The maximum atomic E-state index is 12.4. The van der Waals surface area contributed by atoms with Crippen molar-refractivity contribution in [2.24, 2.45) is 0 Å². The zero-order valence-corrected chi connectivity index (χ0v) is 12.1. The quantitative estimate of drug-likeness (QED) is 0.552. The number of rotatable bonds is 1. The molecule has 0 bridgehead atoms. The smallest absolute Gasteiger partial charge is 0.282 e. The third-order valence-electron chi connectivity index (χ3n) is 4.41. The minimum Gasteiger partial charge on any atom is -0.496 e. The molecular formula is C17H11NO5. The number of fused-ring (bicyclic) bond motifs is 4. The van der Waals surface area contributed by atoms with Crippen molar-refractivity contribution in [2.45, 2.75) is 0 Å². The van der Waals surface area contributed by atoms with Crippen molar-refractivity contribution in [1.82, 2.24) is 0 Å². The zero-order chi connectivity index (χ0) is 15.7. The number of nitrogens with zero attached hydrogens (tertiary/aromatic N) is 1. The van der Waals surface area contributed by atoms with E-state index >= 15 is 0 Å². The topological polar surface area (TPSA) is 68.2 Å². The standard InChI is InChI=1S/C17H11NO5/c1-21-12-4-2-3-8-9(12)5-11-14-10(17(19)18(11)20)6-13-16(15(8)14)23-7-22-13/h2-6,20H,7H2,1H3. The lowest BCUT2D eigenvalue weighted by Gasteiger charge is -2.13. The number of ether oxygens (including phenoxy) is 3. The first-order chi connectivity index (χ1) is 11.2. The monoisotopic (exact) mass is 309 g/mol. The SMILES string of the molecule is COc1cccc2c1cc1c3c(cc4c(c32)OCO4)C(=O)N1O. The Morgan fingerprint density at radius 2 is 2.04 bits per heavy atom. The third kappa shape index (κ3) is 1.39. The summed E-state index contributed by atoms with van der Waals surface area (Å²) in [6.07, 6.45) is 0. The highest BCUT2D eigenvalue weighted by atomic mass is 16.7. The second kappa shape index (κ2) is 4.05. The summed E-state index contributed by atoms with van der Waals surface area (Å²) in [6.45, 7) is 0.112. The van der Waals surface area contributed by atoms with Gasteiger partial charge in [0, 0.05) is 16.2 Å². The van der Waals surface area contributed by atoms with Gasteiger partial charge in [0.05, 0.1) is 18.4 Å². The van der Waals surface area contributed by atoms with E-state index in [-0.39, 0.29) is 6.79 Å². The van der Waals surface area contributed by atoms with E-state index in [4.69, 9.17) is 14.2 Å². The second-order valence-electron chi connectivity index (χ2n) is 5.48. The van der Waals surface area contributed by atoms with Gasteiger partial charge in [-0.2, -0.15) is 5.06 Å². The summed E-state index contributed by atoms with van der Waals surface area (Å²) in [5.74, 6) is 1.29. The molecule has 0 unspecified atom stereocenters. The van der Waals surface area contributed by atoms with Crippen LogP contribution < -0.4 is 19.3 Å². The lowest BCUT2D eigenvalue weighted by atomic mass is 9.97. The average molecular weight is 309 g/mol. The van der Waals surface area contributed by atoms with E-state index in [2.05, 4.69) is 0 Å². The van der Waals surface area contributed by atoms with Crippen LogP contribution in [0.1, 0.15) is 10.4 Å². The Morgan fingerprint density at radius 1 is 1.17 bits per heavy atom. The Hall–Kier alpha value is -2.99. The van der Waals surface area contributed by atoms with Gasteiger partial charge >= 0.3 is 0 Å². The number of benzene rings is 3. The maximum Gasteiger partial charge on any atom is 0.282 e. The number of hydrogen-bond acceptors (Lipinski definition) is 5. The van der Waals surface area contributed by atoms with E-state index in [9.17, 15) is 10.0 Å². The van der Waals surface area contributed by atoms with Gasteiger partial charge in [0.15, 0.2) is 11.5 Å². The Labute approximate surface area is 130 Å². The van der Waals surface area contributed by atoms with Crippen LogP contribution in [0.3, 0.4) is 0 Å². The summed E-state index contributed by atoms with van der Waals surface area (Å²) < 4.78 is 16.5. The highest BCUT2D eigenvalue weighted by molar-refractivity contribution is 6.31. The van der Waals surface area contributed by atoms with Crippen LogP contribution in [-0.4, -0.2) is 25.0 Å². The third-order valence-corrected chi connectivity index (χ3v) is 4.41. The normalized spacial score (nSPS) is 15.0. The molecule has 3 aromatic rings. The average Bonchev–Trinajstić information content (AvgIpc) is 3.14. The van der Waals surface area contributed by atoms with Crippen LogP contribution in [-0.2, 0) is 0 Å². The number of carbonyl (C=O) groups is 1. The van der Waals surface area contributed by atoms with Crippen molar-refractivity contribution in [3.63, 3.8) is 0 Å². The van der Waals surface area contributed by atoms with Gasteiger partial charge in [-0.05, 0) is 23.6 Å². The minimum absolute atomic E-state index is 0.112. The molecule has 2 heterocycles. The molecule has 0 spiro atoms. The van der Waals surface area contributed by atoms with Gasteiger partial charge in [-0.25, -0.2) is 0 Å². The minimum atomic E-state index is -0.474. The summed E-state index contributed by atoms with van der Waals surface area (Å²) in [6, 6.07) is 9.03. The molecule has 3 aromatic carbocycles. The maximum absolute atomic E-state index is 12.4. The molecular weight excluding hydrogens is 298 g/mol. The summed E-state index contributed by atoms with van der Waals surface area (Å²) >= 11 is 0. The molecule has 0 aromatic heterocycles. The fourth-order valence-electron chi connectivity index (χ4n) is 3.42. The molecule has 114 valence electrons. The molecule has 0 saturated carbocycles. The zero-order valence-electron chi connectivity index (χ0n) is 12.1. The largest absolute Gasteiger partial charge is 0.496 e. The van der Waals surface area contributed by atoms with Crippen LogP contribution >= 0.6 is 0 Å². The van der Waals surface area contributed by atoms with Crippen LogP contribution in [0, 0.1) is 0 Å². The van der Waals surface area contributed by atoms with Gasteiger partial charge in [-0.15, -0.1) is 0 Å². The van der Waals surface area contributed by atoms with Gasteiger partial charge in [0.2, 0.25) is 6.79 Å². The van der Waals surface area contributed by atoms with Crippen molar-refractivity contribution < 1.29 is 24.2 Å². The van der Waals surface area contributed by atoms with E-state index in [1.165, 1.54) is 0 Å². The van der Waals surface area contributed by atoms with E-state index in [0.29, 0.717) is 38.9 Å². The molecule has 2 aliphatic rings. The molecule has 0 atom stereocenters. The molecule has 0 saturated heterocycles. The molecule has 1 N–H and O–H groups in total. The molecule has 5 rings (SSSR count). The number of carbonyl (C=O) groups excluding carboxylic acids is 1. The molecule has 6 heteroatoms. The van der Waals surface area contributed by atoms with Crippen molar-refractivity contribution in [3.05, 3.63) is 35.9 Å². The fraction of sp³-hybridized carbons (Fsp3) is 0.118. The molecule has 23 heavy (non-hydrogen) atoms. The van der Waals surface area contributed by atoms with E-state index < -0.39 is 5.91 Å². The molecule has 2 aliphatic heterocycles. The van der Waals surface area contributed by atoms with Crippen LogP contribution in [0.4, 0.5) is 5.69 Å². The fourth-order valence-corrected chi connectivity index (χ4v) is 3.42. The highest BCUT2D eigenvalue weighted by Crippen LogP contribution is 2.51. The van der Waals surface area contributed by atoms with Crippen molar-refractivity contribution in [1.29, 1.82) is 0 Å². The number of amides is 1. The van der Waals surface area contributed by atoms with Crippen LogP contribution in [0.25, 0.3) is 21.5 Å². The molecule has 0 aliphatic carbocycles.